The smallest absolute Gasteiger partial charge is 0.248 e. The molecule has 0 aromatic carbocycles. The average Bonchev–Trinajstić information content (AvgIpc) is 2.96. The van der Waals surface area contributed by atoms with Crippen LogP contribution in [-0.2, 0) is 16.0 Å². The zero-order valence-electron chi connectivity index (χ0n) is 12.0. The molecule has 7 heteroatoms. The van der Waals surface area contributed by atoms with Crippen molar-refractivity contribution >= 4 is 11.8 Å². The number of carbonyl (C=O) groups excluding carboxylic acids is 2. The van der Waals surface area contributed by atoms with E-state index in [1.807, 2.05) is 13.8 Å². The van der Waals surface area contributed by atoms with E-state index in [4.69, 9.17) is 4.52 Å². The molecule has 1 aliphatic heterocycles. The van der Waals surface area contributed by atoms with E-state index < -0.39 is 11.6 Å². The van der Waals surface area contributed by atoms with E-state index in [2.05, 4.69) is 15.5 Å². The lowest BCUT2D eigenvalue weighted by atomic mass is 9.87. The molecule has 0 spiro atoms. The predicted octanol–water partition coefficient (Wildman–Crippen LogP) is 0.518. The Bertz CT molecular complexity index is 482. The number of hydrogen-bond donors (Lipinski definition) is 1. The third-order valence-corrected chi connectivity index (χ3v) is 4.06. The molecule has 1 aliphatic rings. The molecule has 0 aliphatic carbocycles. The molecule has 1 atom stereocenters. The second-order valence-electron chi connectivity index (χ2n) is 5.04. The molecule has 0 bridgehead atoms. The molecule has 0 radical (unpaired) electrons. The molecule has 2 heterocycles. The van der Waals surface area contributed by atoms with Crippen molar-refractivity contribution in [2.24, 2.45) is 0 Å². The summed E-state index contributed by atoms with van der Waals surface area (Å²) in [7, 11) is 0. The number of amides is 2. The van der Waals surface area contributed by atoms with Crippen LogP contribution >= 0.6 is 0 Å². The Kier molecular flexibility index (Phi) is 4.06. The molecule has 1 aromatic heterocycles. The van der Waals surface area contributed by atoms with Crippen molar-refractivity contribution in [2.75, 3.05) is 6.54 Å². The van der Waals surface area contributed by atoms with E-state index in [0.29, 0.717) is 31.7 Å². The number of aromatic nitrogens is 2. The summed E-state index contributed by atoms with van der Waals surface area (Å²) in [5.74, 6) is 0.322. The Morgan fingerprint density at radius 3 is 2.65 bits per heavy atom. The Hall–Kier alpha value is -1.92. The van der Waals surface area contributed by atoms with E-state index >= 15 is 0 Å². The second kappa shape index (κ2) is 5.60. The Labute approximate surface area is 117 Å². The minimum absolute atomic E-state index is 0.0332. The zero-order chi connectivity index (χ0) is 14.8. The fourth-order valence-corrected chi connectivity index (χ4v) is 2.53. The van der Waals surface area contributed by atoms with Crippen molar-refractivity contribution in [1.29, 1.82) is 0 Å². The third kappa shape index (κ3) is 2.39. The van der Waals surface area contributed by atoms with Crippen LogP contribution in [0.3, 0.4) is 0 Å². The quantitative estimate of drug-likeness (QED) is 0.849. The first-order valence-corrected chi connectivity index (χ1v) is 6.92. The largest absolute Gasteiger partial charge is 0.340 e. The van der Waals surface area contributed by atoms with Crippen LogP contribution in [0.4, 0.5) is 0 Å². The Morgan fingerprint density at radius 2 is 2.10 bits per heavy atom. The summed E-state index contributed by atoms with van der Waals surface area (Å²) in [4.78, 5) is 30.3. The molecule has 1 N–H and O–H groups in total. The molecule has 2 rings (SSSR count). The summed E-state index contributed by atoms with van der Waals surface area (Å²) in [5.41, 5.74) is -0.779. The van der Waals surface area contributed by atoms with Gasteiger partial charge in [0.1, 0.15) is 11.6 Å². The van der Waals surface area contributed by atoms with Crippen molar-refractivity contribution in [1.82, 2.24) is 20.4 Å². The highest BCUT2D eigenvalue weighted by Crippen LogP contribution is 2.25. The van der Waals surface area contributed by atoms with Crippen molar-refractivity contribution in [2.45, 2.75) is 51.6 Å². The molecule has 1 unspecified atom stereocenters. The zero-order valence-corrected chi connectivity index (χ0v) is 12.0. The first-order chi connectivity index (χ1) is 9.54. The maximum Gasteiger partial charge on any atom is 0.248 e. The third-order valence-electron chi connectivity index (χ3n) is 4.06. The highest BCUT2D eigenvalue weighted by atomic mass is 16.5. The number of rotatable bonds is 5. The Balaban J connectivity index is 2.15. The molecule has 1 aromatic rings. The van der Waals surface area contributed by atoms with Gasteiger partial charge in [-0.15, -0.1) is 0 Å². The summed E-state index contributed by atoms with van der Waals surface area (Å²) in [6, 6.07) is -0.475. The number of nitrogens with one attached hydrogen (secondary N) is 1. The van der Waals surface area contributed by atoms with Gasteiger partial charge in [0.25, 0.3) is 0 Å². The SMILES string of the molecule is CCC1(CC)NC(=O)C(C)N(CCc2ncno2)C1=O. The highest BCUT2D eigenvalue weighted by Gasteiger charge is 2.47. The lowest BCUT2D eigenvalue weighted by Crippen LogP contribution is -2.69. The first-order valence-electron chi connectivity index (χ1n) is 6.92. The normalized spacial score (nSPS) is 21.9. The van der Waals surface area contributed by atoms with E-state index in [-0.39, 0.29) is 11.8 Å². The summed E-state index contributed by atoms with van der Waals surface area (Å²) >= 11 is 0. The van der Waals surface area contributed by atoms with Crippen LogP contribution in [0.1, 0.15) is 39.5 Å². The highest BCUT2D eigenvalue weighted by molar-refractivity contribution is 5.99. The number of carbonyl (C=O) groups is 2. The van der Waals surface area contributed by atoms with Crippen LogP contribution in [0.25, 0.3) is 0 Å². The fourth-order valence-electron chi connectivity index (χ4n) is 2.53. The van der Waals surface area contributed by atoms with Crippen molar-refractivity contribution in [3.05, 3.63) is 12.2 Å². The molecule has 2 amide bonds. The number of nitrogens with zero attached hydrogens (tertiary/aromatic N) is 3. The number of hydrogen-bond acceptors (Lipinski definition) is 5. The molecule has 110 valence electrons. The topological polar surface area (TPSA) is 88.3 Å². The fraction of sp³-hybridized carbons (Fsp3) is 0.692. The monoisotopic (exact) mass is 280 g/mol. The van der Waals surface area contributed by atoms with E-state index in [1.54, 1.807) is 11.8 Å². The molecule has 7 nitrogen and oxygen atoms in total. The summed E-state index contributed by atoms with van der Waals surface area (Å²) in [6.07, 6.45) is 2.94. The van der Waals surface area contributed by atoms with Gasteiger partial charge in [-0.3, -0.25) is 9.59 Å². The maximum atomic E-state index is 12.7. The molecule has 20 heavy (non-hydrogen) atoms. The second-order valence-corrected chi connectivity index (χ2v) is 5.04. The Morgan fingerprint density at radius 1 is 1.40 bits per heavy atom. The van der Waals surface area contributed by atoms with Crippen LogP contribution < -0.4 is 5.32 Å². The van der Waals surface area contributed by atoms with Gasteiger partial charge >= 0.3 is 0 Å². The molecule has 1 saturated heterocycles. The lowest BCUT2D eigenvalue weighted by Gasteiger charge is -2.44. The van der Waals surface area contributed by atoms with Gasteiger partial charge in [0, 0.05) is 13.0 Å². The van der Waals surface area contributed by atoms with Gasteiger partial charge in [-0.2, -0.15) is 4.98 Å². The van der Waals surface area contributed by atoms with E-state index in [0.717, 1.165) is 0 Å². The van der Waals surface area contributed by atoms with E-state index in [9.17, 15) is 9.59 Å². The minimum atomic E-state index is -0.779. The summed E-state index contributed by atoms with van der Waals surface area (Å²) in [6.45, 7) is 5.95. The molecule has 0 saturated carbocycles. The minimum Gasteiger partial charge on any atom is -0.340 e. The summed E-state index contributed by atoms with van der Waals surface area (Å²) < 4.78 is 4.93. The predicted molar refractivity (Wildman–Crippen MR) is 70.6 cm³/mol. The van der Waals surface area contributed by atoms with Gasteiger partial charge in [-0.05, 0) is 19.8 Å². The van der Waals surface area contributed by atoms with Crippen LogP contribution in [0, 0.1) is 0 Å². The van der Waals surface area contributed by atoms with Gasteiger partial charge in [0.05, 0.1) is 0 Å². The maximum absolute atomic E-state index is 12.7. The van der Waals surface area contributed by atoms with Gasteiger partial charge in [0.2, 0.25) is 17.7 Å². The van der Waals surface area contributed by atoms with Gasteiger partial charge < -0.3 is 14.7 Å². The van der Waals surface area contributed by atoms with Crippen LogP contribution in [0.5, 0.6) is 0 Å². The van der Waals surface area contributed by atoms with E-state index in [1.165, 1.54) is 6.33 Å². The van der Waals surface area contributed by atoms with Gasteiger partial charge in [-0.1, -0.05) is 19.0 Å². The van der Waals surface area contributed by atoms with Crippen LogP contribution in [-0.4, -0.2) is 45.0 Å². The molecular weight excluding hydrogens is 260 g/mol. The van der Waals surface area contributed by atoms with Crippen molar-refractivity contribution in [3.8, 4) is 0 Å². The molecular formula is C13H20N4O3. The van der Waals surface area contributed by atoms with Crippen LogP contribution in [0.2, 0.25) is 0 Å². The standard InChI is InChI=1S/C13H20N4O3/c1-4-13(5-2)12(19)17(9(3)11(18)16-13)7-6-10-14-8-15-20-10/h8-9H,4-7H2,1-3H3,(H,16,18). The number of piperazine rings is 1. The summed E-state index contributed by atoms with van der Waals surface area (Å²) in [5, 5.41) is 6.40. The van der Waals surface area contributed by atoms with Crippen LogP contribution in [0.15, 0.2) is 10.9 Å². The van der Waals surface area contributed by atoms with Gasteiger partial charge in [-0.25, -0.2) is 0 Å². The first kappa shape index (κ1) is 14.5. The van der Waals surface area contributed by atoms with Crippen molar-refractivity contribution < 1.29 is 14.1 Å². The lowest BCUT2D eigenvalue weighted by molar-refractivity contribution is -0.154. The average molecular weight is 280 g/mol. The molecule has 1 fully saturated rings. The van der Waals surface area contributed by atoms with Crippen molar-refractivity contribution in [3.63, 3.8) is 0 Å². The van der Waals surface area contributed by atoms with Gasteiger partial charge in [0.15, 0.2) is 6.33 Å².